The molecule has 3 aromatic carbocycles. The van der Waals surface area contributed by atoms with Crippen LogP contribution in [0.1, 0.15) is 40.0 Å². The SMILES string of the molecule is Cc1ccccc1C(C)NC(=O)COC(=O)c1cccc2c(=O)c(C)c(-c3ccccc3)oc12. The minimum absolute atomic E-state index is 0.0894. The topological polar surface area (TPSA) is 85.6 Å². The van der Waals surface area contributed by atoms with Gasteiger partial charge in [-0.25, -0.2) is 4.79 Å². The van der Waals surface area contributed by atoms with Crippen LogP contribution in [-0.2, 0) is 9.53 Å². The Bertz CT molecular complexity index is 1420. The molecule has 1 unspecified atom stereocenters. The maximum Gasteiger partial charge on any atom is 0.342 e. The van der Waals surface area contributed by atoms with Crippen LogP contribution in [0.15, 0.2) is 82.0 Å². The number of benzene rings is 3. The van der Waals surface area contributed by atoms with Crippen molar-refractivity contribution >= 4 is 22.8 Å². The summed E-state index contributed by atoms with van der Waals surface area (Å²) in [5.74, 6) is -0.773. The molecule has 0 aliphatic rings. The van der Waals surface area contributed by atoms with Crippen LogP contribution in [0, 0.1) is 13.8 Å². The minimum Gasteiger partial charge on any atom is -0.455 e. The molecular weight excluding hydrogens is 430 g/mol. The van der Waals surface area contributed by atoms with Gasteiger partial charge in [-0.2, -0.15) is 0 Å². The number of carbonyl (C=O) groups excluding carboxylic acids is 2. The van der Waals surface area contributed by atoms with Crippen LogP contribution in [0.25, 0.3) is 22.3 Å². The van der Waals surface area contributed by atoms with Gasteiger partial charge in [-0.05, 0) is 44.0 Å². The van der Waals surface area contributed by atoms with E-state index in [0.717, 1.165) is 16.7 Å². The van der Waals surface area contributed by atoms with Gasteiger partial charge in [0.2, 0.25) is 0 Å². The third kappa shape index (κ3) is 4.62. The molecule has 4 rings (SSSR count). The monoisotopic (exact) mass is 455 g/mol. The van der Waals surface area contributed by atoms with Crippen molar-refractivity contribution in [1.82, 2.24) is 5.32 Å². The molecule has 1 amide bonds. The first-order valence-electron chi connectivity index (χ1n) is 11.0. The second kappa shape index (κ2) is 9.75. The third-order valence-electron chi connectivity index (χ3n) is 5.77. The number of para-hydroxylation sites is 1. The van der Waals surface area contributed by atoms with Crippen LogP contribution >= 0.6 is 0 Å². The summed E-state index contributed by atoms with van der Waals surface area (Å²) in [5, 5.41) is 3.12. The lowest BCUT2D eigenvalue weighted by molar-refractivity contribution is -0.124. The van der Waals surface area contributed by atoms with E-state index in [9.17, 15) is 14.4 Å². The largest absolute Gasteiger partial charge is 0.455 e. The number of hydrogen-bond donors (Lipinski definition) is 1. The van der Waals surface area contributed by atoms with Crippen molar-refractivity contribution in [2.24, 2.45) is 0 Å². The van der Waals surface area contributed by atoms with E-state index in [4.69, 9.17) is 9.15 Å². The summed E-state index contributed by atoms with van der Waals surface area (Å²) in [5.41, 5.74) is 3.23. The van der Waals surface area contributed by atoms with E-state index >= 15 is 0 Å². The van der Waals surface area contributed by atoms with Crippen molar-refractivity contribution in [1.29, 1.82) is 0 Å². The van der Waals surface area contributed by atoms with E-state index in [1.54, 1.807) is 19.1 Å². The standard InChI is InChI=1S/C28H25NO5/c1-17-10-7-8-13-21(17)19(3)29-24(30)16-33-28(32)23-15-9-14-22-25(31)18(2)26(34-27(22)23)20-11-5-4-6-12-20/h4-15,19H,16H2,1-3H3,(H,29,30). The molecule has 4 aromatic rings. The average molecular weight is 456 g/mol. The van der Waals surface area contributed by atoms with Crippen molar-refractivity contribution in [3.05, 3.63) is 105 Å². The highest BCUT2D eigenvalue weighted by atomic mass is 16.5. The summed E-state index contributed by atoms with van der Waals surface area (Å²) in [6.45, 7) is 5.08. The molecule has 0 fully saturated rings. The summed E-state index contributed by atoms with van der Waals surface area (Å²) in [6, 6.07) is 21.5. The number of fused-ring (bicyclic) bond motifs is 1. The van der Waals surface area contributed by atoms with Crippen molar-refractivity contribution < 1.29 is 18.7 Å². The molecule has 0 aliphatic carbocycles. The highest BCUT2D eigenvalue weighted by Crippen LogP contribution is 2.27. The summed E-state index contributed by atoms with van der Waals surface area (Å²) < 4.78 is 11.3. The van der Waals surface area contributed by atoms with E-state index in [2.05, 4.69) is 5.32 Å². The van der Waals surface area contributed by atoms with E-state index < -0.39 is 18.5 Å². The van der Waals surface area contributed by atoms with Gasteiger partial charge in [-0.15, -0.1) is 0 Å². The third-order valence-corrected chi connectivity index (χ3v) is 5.77. The van der Waals surface area contributed by atoms with Crippen LogP contribution in [-0.4, -0.2) is 18.5 Å². The smallest absolute Gasteiger partial charge is 0.342 e. The molecule has 1 atom stereocenters. The zero-order valence-electron chi connectivity index (χ0n) is 19.3. The maximum atomic E-state index is 13.0. The average Bonchev–Trinajstić information content (AvgIpc) is 2.85. The van der Waals surface area contributed by atoms with Gasteiger partial charge in [0.1, 0.15) is 11.3 Å². The van der Waals surface area contributed by atoms with Gasteiger partial charge in [0.15, 0.2) is 17.6 Å². The minimum atomic E-state index is -0.740. The van der Waals surface area contributed by atoms with Crippen LogP contribution in [0.3, 0.4) is 0 Å². The van der Waals surface area contributed by atoms with Crippen LogP contribution < -0.4 is 10.7 Å². The van der Waals surface area contributed by atoms with E-state index in [1.807, 2.05) is 68.4 Å². The quantitative estimate of drug-likeness (QED) is 0.408. The van der Waals surface area contributed by atoms with Gasteiger partial charge in [0.25, 0.3) is 5.91 Å². The number of hydrogen-bond acceptors (Lipinski definition) is 5. The number of amides is 1. The molecule has 0 saturated carbocycles. The highest BCUT2D eigenvalue weighted by molar-refractivity contribution is 6.02. The molecule has 6 heteroatoms. The Balaban J connectivity index is 1.56. The molecule has 6 nitrogen and oxygen atoms in total. The fraction of sp³-hybridized carbons (Fsp3) is 0.179. The van der Waals surface area contributed by atoms with Crippen molar-refractivity contribution in [2.45, 2.75) is 26.8 Å². The molecule has 1 heterocycles. The van der Waals surface area contributed by atoms with Crippen molar-refractivity contribution in [3.8, 4) is 11.3 Å². The van der Waals surface area contributed by atoms with Crippen molar-refractivity contribution in [2.75, 3.05) is 6.61 Å². The van der Waals surface area contributed by atoms with Gasteiger partial charge in [0.05, 0.1) is 11.4 Å². The number of esters is 1. The second-order valence-corrected chi connectivity index (χ2v) is 8.16. The first-order chi connectivity index (χ1) is 16.4. The van der Waals surface area contributed by atoms with Gasteiger partial charge in [0, 0.05) is 11.1 Å². The van der Waals surface area contributed by atoms with Crippen LogP contribution in [0.2, 0.25) is 0 Å². The zero-order valence-corrected chi connectivity index (χ0v) is 19.3. The van der Waals surface area contributed by atoms with Crippen LogP contribution in [0.4, 0.5) is 0 Å². The highest BCUT2D eigenvalue weighted by Gasteiger charge is 2.20. The van der Waals surface area contributed by atoms with Crippen molar-refractivity contribution in [3.63, 3.8) is 0 Å². The molecule has 0 bridgehead atoms. The van der Waals surface area contributed by atoms with E-state index in [-0.39, 0.29) is 28.0 Å². The van der Waals surface area contributed by atoms with E-state index in [1.165, 1.54) is 6.07 Å². The Morgan fingerprint density at radius 3 is 2.38 bits per heavy atom. The Kier molecular flexibility index (Phi) is 6.59. The summed E-state index contributed by atoms with van der Waals surface area (Å²) in [4.78, 5) is 38.2. The fourth-order valence-corrected chi connectivity index (χ4v) is 3.98. The molecule has 0 spiro atoms. The predicted molar refractivity (Wildman–Crippen MR) is 131 cm³/mol. The Labute approximate surface area is 197 Å². The Morgan fingerprint density at radius 2 is 1.65 bits per heavy atom. The second-order valence-electron chi connectivity index (χ2n) is 8.16. The lowest BCUT2D eigenvalue weighted by atomic mass is 10.0. The molecule has 0 saturated heterocycles. The lowest BCUT2D eigenvalue weighted by Crippen LogP contribution is -2.31. The summed E-state index contributed by atoms with van der Waals surface area (Å²) in [6.07, 6.45) is 0. The lowest BCUT2D eigenvalue weighted by Gasteiger charge is -2.16. The number of rotatable bonds is 6. The molecule has 1 aromatic heterocycles. The molecule has 172 valence electrons. The Hall–Kier alpha value is -4.19. The Morgan fingerprint density at radius 1 is 0.941 bits per heavy atom. The fourth-order valence-electron chi connectivity index (χ4n) is 3.98. The summed E-state index contributed by atoms with van der Waals surface area (Å²) >= 11 is 0. The van der Waals surface area contributed by atoms with Gasteiger partial charge < -0.3 is 14.5 Å². The first kappa shape index (κ1) is 23.0. The molecule has 1 N–H and O–H groups in total. The molecule has 0 radical (unpaired) electrons. The maximum absolute atomic E-state index is 13.0. The molecule has 0 aliphatic heterocycles. The van der Waals surface area contributed by atoms with Crippen LogP contribution in [0.5, 0.6) is 0 Å². The zero-order chi connectivity index (χ0) is 24.2. The van der Waals surface area contributed by atoms with E-state index in [0.29, 0.717) is 11.3 Å². The molecular formula is C28H25NO5. The number of carbonyl (C=O) groups is 2. The van der Waals surface area contributed by atoms with Gasteiger partial charge in [-0.3, -0.25) is 9.59 Å². The predicted octanol–water partition coefficient (Wildman–Crippen LogP) is 5.11. The van der Waals surface area contributed by atoms with Gasteiger partial charge >= 0.3 is 5.97 Å². The first-order valence-corrected chi connectivity index (χ1v) is 11.0. The number of aryl methyl sites for hydroxylation is 1. The van der Waals surface area contributed by atoms with Gasteiger partial charge in [-0.1, -0.05) is 60.7 Å². The normalized spacial score (nSPS) is 11.7. The number of ether oxygens (including phenoxy) is 1. The number of nitrogens with one attached hydrogen (secondary N) is 1. The molecule has 34 heavy (non-hydrogen) atoms. The summed E-state index contributed by atoms with van der Waals surface area (Å²) in [7, 11) is 0.